The summed E-state index contributed by atoms with van der Waals surface area (Å²) in [6.07, 6.45) is 5.29. The topological polar surface area (TPSA) is 53.4 Å². The van der Waals surface area contributed by atoms with E-state index in [0.29, 0.717) is 17.0 Å². The molecule has 0 aliphatic carbocycles. The molecule has 1 aromatic rings. The molecule has 4 nitrogen and oxygen atoms in total. The molecule has 1 saturated heterocycles. The monoisotopic (exact) mass is 258 g/mol. The van der Waals surface area contributed by atoms with Crippen LogP contribution in [0, 0.1) is 17.8 Å². The Bertz CT molecular complexity index is 508. The fourth-order valence-corrected chi connectivity index (χ4v) is 2.16. The van der Waals surface area contributed by atoms with Gasteiger partial charge in [-0.3, -0.25) is 9.78 Å². The molecular weight excluding hydrogens is 240 g/mol. The van der Waals surface area contributed by atoms with Gasteiger partial charge in [-0.15, -0.1) is 0 Å². The van der Waals surface area contributed by atoms with Crippen LogP contribution in [0.2, 0.25) is 0 Å². The number of carbonyl (C=O) groups excluding carboxylic acids is 1. The number of likely N-dealkylation sites (tertiary alicyclic amines) is 1. The summed E-state index contributed by atoms with van der Waals surface area (Å²) in [5.74, 6) is 6.04. The number of hydrogen-bond donors (Lipinski definition) is 1. The van der Waals surface area contributed by atoms with Crippen molar-refractivity contribution in [1.82, 2.24) is 9.88 Å². The minimum absolute atomic E-state index is 0.0204. The van der Waals surface area contributed by atoms with Crippen molar-refractivity contribution in [2.75, 3.05) is 19.7 Å². The first-order valence-electron chi connectivity index (χ1n) is 6.54. The number of aliphatic hydroxyl groups excluding tert-OH is 1. The van der Waals surface area contributed by atoms with Crippen LogP contribution in [0.25, 0.3) is 0 Å². The molecule has 1 amide bonds. The van der Waals surface area contributed by atoms with Gasteiger partial charge >= 0.3 is 0 Å². The molecule has 0 spiro atoms. The van der Waals surface area contributed by atoms with Crippen LogP contribution >= 0.6 is 0 Å². The predicted octanol–water partition coefficient (Wildman–Crippen LogP) is 1.30. The maximum absolute atomic E-state index is 12.3. The Kier molecular flexibility index (Phi) is 4.53. The minimum Gasteiger partial charge on any atom is -0.384 e. The van der Waals surface area contributed by atoms with Crippen LogP contribution in [-0.4, -0.2) is 40.6 Å². The predicted molar refractivity (Wildman–Crippen MR) is 72.5 cm³/mol. The first kappa shape index (κ1) is 13.6. The van der Waals surface area contributed by atoms with Gasteiger partial charge in [0.25, 0.3) is 5.91 Å². The standard InChI is InChI=1S/C15H18N2O2/c1-12-4-6-17(7-5-12)15(19)14-9-13(3-2-8-18)10-16-11-14/h9-12,18H,4-8H2,1H3. The second-order valence-corrected chi connectivity index (χ2v) is 4.90. The molecule has 2 rings (SSSR count). The highest BCUT2D eigenvalue weighted by Gasteiger charge is 2.21. The van der Waals surface area contributed by atoms with Crippen molar-refractivity contribution in [2.45, 2.75) is 19.8 Å². The Hall–Kier alpha value is -1.86. The summed E-state index contributed by atoms with van der Waals surface area (Å²) in [4.78, 5) is 18.2. The summed E-state index contributed by atoms with van der Waals surface area (Å²) < 4.78 is 0. The van der Waals surface area contributed by atoms with Gasteiger partial charge in [-0.1, -0.05) is 18.8 Å². The molecule has 0 aromatic carbocycles. The van der Waals surface area contributed by atoms with Crippen molar-refractivity contribution in [3.63, 3.8) is 0 Å². The van der Waals surface area contributed by atoms with Crippen LogP contribution < -0.4 is 0 Å². The van der Waals surface area contributed by atoms with E-state index in [0.717, 1.165) is 25.9 Å². The molecule has 1 aliphatic rings. The van der Waals surface area contributed by atoms with Crippen molar-refractivity contribution in [2.24, 2.45) is 5.92 Å². The van der Waals surface area contributed by atoms with E-state index in [4.69, 9.17) is 5.11 Å². The van der Waals surface area contributed by atoms with Gasteiger partial charge in [0.05, 0.1) is 5.56 Å². The van der Waals surface area contributed by atoms with Crippen molar-refractivity contribution >= 4 is 5.91 Å². The van der Waals surface area contributed by atoms with Crippen molar-refractivity contribution in [3.8, 4) is 11.8 Å². The Morgan fingerprint density at radius 1 is 1.47 bits per heavy atom. The molecule has 2 heterocycles. The number of aliphatic hydroxyl groups is 1. The molecule has 1 N–H and O–H groups in total. The molecule has 100 valence electrons. The second kappa shape index (κ2) is 6.35. The summed E-state index contributed by atoms with van der Waals surface area (Å²) in [6, 6.07) is 1.73. The zero-order valence-corrected chi connectivity index (χ0v) is 11.1. The van der Waals surface area contributed by atoms with Gasteiger partial charge in [0.1, 0.15) is 6.61 Å². The zero-order chi connectivity index (χ0) is 13.7. The normalized spacial score (nSPS) is 15.8. The van der Waals surface area contributed by atoms with E-state index in [1.165, 1.54) is 0 Å². The fourth-order valence-electron chi connectivity index (χ4n) is 2.16. The number of hydrogen-bond acceptors (Lipinski definition) is 3. The smallest absolute Gasteiger partial charge is 0.255 e. The third-order valence-electron chi connectivity index (χ3n) is 3.37. The molecule has 0 atom stereocenters. The molecule has 0 saturated carbocycles. The van der Waals surface area contributed by atoms with Crippen LogP contribution in [0.5, 0.6) is 0 Å². The highest BCUT2D eigenvalue weighted by atomic mass is 16.2. The maximum Gasteiger partial charge on any atom is 0.255 e. The molecule has 0 unspecified atom stereocenters. The van der Waals surface area contributed by atoms with Crippen molar-refractivity contribution in [3.05, 3.63) is 29.6 Å². The number of pyridine rings is 1. The summed E-state index contributed by atoms with van der Waals surface area (Å²) in [5.41, 5.74) is 1.23. The number of rotatable bonds is 1. The number of amides is 1. The number of piperidine rings is 1. The first-order chi connectivity index (χ1) is 9.20. The van der Waals surface area contributed by atoms with Gasteiger partial charge in [-0.2, -0.15) is 0 Å². The summed E-state index contributed by atoms with van der Waals surface area (Å²) in [6.45, 7) is 3.65. The van der Waals surface area contributed by atoms with E-state index in [9.17, 15) is 4.79 Å². The van der Waals surface area contributed by atoms with Gasteiger partial charge in [-0.25, -0.2) is 0 Å². The van der Waals surface area contributed by atoms with E-state index in [1.807, 2.05) is 4.90 Å². The lowest BCUT2D eigenvalue weighted by molar-refractivity contribution is 0.0697. The lowest BCUT2D eigenvalue weighted by atomic mass is 9.99. The molecule has 1 aliphatic heterocycles. The van der Waals surface area contributed by atoms with E-state index >= 15 is 0 Å². The highest BCUT2D eigenvalue weighted by molar-refractivity contribution is 5.94. The van der Waals surface area contributed by atoms with Gasteiger partial charge < -0.3 is 10.0 Å². The molecule has 1 fully saturated rings. The average Bonchev–Trinajstić information content (AvgIpc) is 2.45. The molecule has 1 aromatic heterocycles. The van der Waals surface area contributed by atoms with Crippen LogP contribution in [0.4, 0.5) is 0 Å². The Balaban J connectivity index is 2.10. The summed E-state index contributed by atoms with van der Waals surface area (Å²) in [7, 11) is 0. The maximum atomic E-state index is 12.3. The molecule has 0 radical (unpaired) electrons. The zero-order valence-electron chi connectivity index (χ0n) is 11.1. The van der Waals surface area contributed by atoms with Gasteiger partial charge in [0, 0.05) is 31.0 Å². The Morgan fingerprint density at radius 2 is 2.21 bits per heavy atom. The fraction of sp³-hybridized carbons (Fsp3) is 0.467. The second-order valence-electron chi connectivity index (χ2n) is 4.90. The van der Waals surface area contributed by atoms with Crippen LogP contribution in [-0.2, 0) is 0 Å². The number of aromatic nitrogens is 1. The lowest BCUT2D eigenvalue weighted by Crippen LogP contribution is -2.37. The first-order valence-corrected chi connectivity index (χ1v) is 6.54. The molecule has 19 heavy (non-hydrogen) atoms. The van der Waals surface area contributed by atoms with E-state index < -0.39 is 0 Å². The number of nitrogens with zero attached hydrogens (tertiary/aromatic N) is 2. The van der Waals surface area contributed by atoms with Crippen LogP contribution in [0.1, 0.15) is 35.7 Å². The van der Waals surface area contributed by atoms with Gasteiger partial charge in [0.2, 0.25) is 0 Å². The van der Waals surface area contributed by atoms with Gasteiger partial charge in [0.15, 0.2) is 0 Å². The van der Waals surface area contributed by atoms with Crippen LogP contribution in [0.15, 0.2) is 18.5 Å². The Morgan fingerprint density at radius 3 is 2.89 bits per heavy atom. The average molecular weight is 258 g/mol. The van der Waals surface area contributed by atoms with Crippen molar-refractivity contribution in [1.29, 1.82) is 0 Å². The largest absolute Gasteiger partial charge is 0.384 e. The SMILES string of the molecule is CC1CCN(C(=O)c2cncc(C#CCO)c2)CC1. The third kappa shape index (κ3) is 3.55. The van der Waals surface area contributed by atoms with Crippen LogP contribution in [0.3, 0.4) is 0 Å². The quantitative estimate of drug-likeness (QED) is 0.772. The third-order valence-corrected chi connectivity index (χ3v) is 3.37. The van der Waals surface area contributed by atoms with E-state index in [-0.39, 0.29) is 12.5 Å². The van der Waals surface area contributed by atoms with E-state index in [1.54, 1.807) is 18.5 Å². The van der Waals surface area contributed by atoms with Crippen molar-refractivity contribution < 1.29 is 9.90 Å². The Labute approximate surface area is 113 Å². The summed E-state index contributed by atoms with van der Waals surface area (Å²) >= 11 is 0. The van der Waals surface area contributed by atoms with Gasteiger partial charge in [-0.05, 0) is 24.8 Å². The minimum atomic E-state index is -0.192. The lowest BCUT2D eigenvalue weighted by Gasteiger charge is -2.30. The van der Waals surface area contributed by atoms with E-state index in [2.05, 4.69) is 23.7 Å². The molecule has 0 bridgehead atoms. The summed E-state index contributed by atoms with van der Waals surface area (Å²) in [5, 5.41) is 8.67. The molecular formula is C15H18N2O2. The highest BCUT2D eigenvalue weighted by Crippen LogP contribution is 2.18. The number of carbonyl (C=O) groups is 1. The molecule has 4 heteroatoms.